The molecule has 3 aromatic rings. The third-order valence-electron chi connectivity index (χ3n) is 2.65. The van der Waals surface area contributed by atoms with Gasteiger partial charge in [0.05, 0.1) is 11.8 Å². The summed E-state index contributed by atoms with van der Waals surface area (Å²) in [4.78, 5) is 8.39. The van der Waals surface area contributed by atoms with Crippen molar-refractivity contribution in [1.29, 1.82) is 0 Å². The third-order valence-corrected chi connectivity index (χ3v) is 2.65. The molecule has 0 saturated carbocycles. The van der Waals surface area contributed by atoms with Crippen LogP contribution in [0.15, 0.2) is 55.2 Å². The topological polar surface area (TPSA) is 30.7 Å². The Morgan fingerprint density at radius 1 is 1.06 bits per heavy atom. The molecule has 0 aliphatic heterocycles. The van der Waals surface area contributed by atoms with Crippen molar-refractivity contribution in [3.05, 3.63) is 60.8 Å². The molecule has 2 aromatic heterocycles. The number of hydrogen-bond acceptors (Lipinski definition) is 2. The number of fused-ring (bicyclic) bond motifs is 1. The van der Waals surface area contributed by atoms with Crippen LogP contribution >= 0.6 is 0 Å². The molecule has 0 N–H and O–H groups in total. The molecule has 0 atom stereocenters. The van der Waals surface area contributed by atoms with Gasteiger partial charge >= 0.3 is 0 Å². The van der Waals surface area contributed by atoms with E-state index < -0.39 is 0 Å². The van der Waals surface area contributed by atoms with Crippen LogP contribution < -0.4 is 0 Å². The van der Waals surface area contributed by atoms with Crippen LogP contribution in [0, 0.1) is 0 Å². The molecule has 3 rings (SSSR count). The summed E-state index contributed by atoms with van der Waals surface area (Å²) in [6.07, 6.45) is 7.45. The van der Waals surface area contributed by atoms with Crippen LogP contribution in [0.2, 0.25) is 0 Å². The Hall–Kier alpha value is -2.16. The van der Waals surface area contributed by atoms with Crippen molar-refractivity contribution in [3.8, 4) is 0 Å². The first-order valence-electron chi connectivity index (χ1n) is 5.22. The normalized spacial score (nSPS) is 10.8. The minimum absolute atomic E-state index is 0.836. The average Bonchev–Trinajstić information content (AvgIpc) is 2.82. The molecule has 0 saturated heterocycles. The Bertz CT molecular complexity index is 594. The number of pyridine rings is 1. The first kappa shape index (κ1) is 9.09. The molecule has 0 spiro atoms. The Kier molecular flexibility index (Phi) is 2.14. The molecular formula is C13H11N3. The maximum atomic E-state index is 4.35. The molecular weight excluding hydrogens is 198 g/mol. The highest BCUT2D eigenvalue weighted by Crippen LogP contribution is 2.16. The van der Waals surface area contributed by atoms with Crippen LogP contribution in [0.3, 0.4) is 0 Å². The molecule has 0 unspecified atom stereocenters. The fraction of sp³-hybridized carbons (Fsp3) is 0.0769. The quantitative estimate of drug-likeness (QED) is 0.649. The van der Waals surface area contributed by atoms with E-state index in [4.69, 9.17) is 0 Å². The Morgan fingerprint density at radius 3 is 2.88 bits per heavy atom. The van der Waals surface area contributed by atoms with Crippen molar-refractivity contribution in [2.75, 3.05) is 0 Å². The van der Waals surface area contributed by atoms with E-state index in [1.54, 1.807) is 6.20 Å². The second kappa shape index (κ2) is 3.77. The molecule has 3 heteroatoms. The molecule has 2 heterocycles. The van der Waals surface area contributed by atoms with Gasteiger partial charge in [-0.05, 0) is 17.7 Å². The molecule has 0 fully saturated rings. The number of hydrogen-bond donors (Lipinski definition) is 0. The largest absolute Gasteiger partial charge is 0.333 e. The lowest BCUT2D eigenvalue weighted by Gasteiger charge is -2.06. The summed E-state index contributed by atoms with van der Waals surface area (Å²) in [5, 5.41) is 1.21. The third kappa shape index (κ3) is 1.56. The minimum atomic E-state index is 0.836. The number of aromatic nitrogens is 3. The number of imidazole rings is 1. The van der Waals surface area contributed by atoms with E-state index in [0.29, 0.717) is 0 Å². The zero-order chi connectivity index (χ0) is 10.8. The van der Waals surface area contributed by atoms with Gasteiger partial charge in [0, 0.05) is 30.5 Å². The average molecular weight is 209 g/mol. The molecule has 0 bridgehead atoms. The molecule has 0 aliphatic carbocycles. The van der Waals surface area contributed by atoms with Gasteiger partial charge in [-0.25, -0.2) is 4.98 Å². The van der Waals surface area contributed by atoms with Crippen LogP contribution in [0.1, 0.15) is 5.56 Å². The van der Waals surface area contributed by atoms with Crippen molar-refractivity contribution in [3.63, 3.8) is 0 Å². The van der Waals surface area contributed by atoms with E-state index in [9.17, 15) is 0 Å². The Labute approximate surface area is 93.4 Å². The van der Waals surface area contributed by atoms with Crippen molar-refractivity contribution in [2.24, 2.45) is 0 Å². The van der Waals surface area contributed by atoms with E-state index in [1.807, 2.05) is 36.9 Å². The van der Waals surface area contributed by atoms with Gasteiger partial charge in [-0.15, -0.1) is 0 Å². The first-order chi connectivity index (χ1) is 7.93. The van der Waals surface area contributed by atoms with Gasteiger partial charge in [-0.1, -0.05) is 18.2 Å². The monoisotopic (exact) mass is 209 g/mol. The fourth-order valence-corrected chi connectivity index (χ4v) is 1.87. The Morgan fingerprint density at radius 2 is 2.00 bits per heavy atom. The van der Waals surface area contributed by atoms with Crippen molar-refractivity contribution >= 4 is 10.9 Å². The SMILES string of the molecule is c1ccc2c(Cn3ccnc3)ccnc2c1. The summed E-state index contributed by atoms with van der Waals surface area (Å²) >= 11 is 0. The van der Waals surface area contributed by atoms with Crippen molar-refractivity contribution < 1.29 is 0 Å². The molecule has 0 amide bonds. The minimum Gasteiger partial charge on any atom is -0.333 e. The molecule has 0 radical (unpaired) electrons. The number of para-hydroxylation sites is 1. The summed E-state index contributed by atoms with van der Waals surface area (Å²) < 4.78 is 2.06. The fourth-order valence-electron chi connectivity index (χ4n) is 1.87. The lowest BCUT2D eigenvalue weighted by Crippen LogP contribution is -1.97. The zero-order valence-corrected chi connectivity index (χ0v) is 8.74. The van der Waals surface area contributed by atoms with Crippen molar-refractivity contribution in [2.45, 2.75) is 6.54 Å². The molecule has 0 aliphatic rings. The number of nitrogens with zero attached hydrogens (tertiary/aromatic N) is 3. The number of benzene rings is 1. The van der Waals surface area contributed by atoms with Gasteiger partial charge < -0.3 is 4.57 Å². The van der Waals surface area contributed by atoms with Gasteiger partial charge in [0.1, 0.15) is 0 Å². The Balaban J connectivity index is 2.10. The second-order valence-electron chi connectivity index (χ2n) is 3.72. The predicted molar refractivity (Wildman–Crippen MR) is 63.1 cm³/mol. The standard InChI is InChI=1S/C13H11N3/c1-2-4-13-12(3-1)11(5-6-15-13)9-16-8-7-14-10-16/h1-8,10H,9H2. The van der Waals surface area contributed by atoms with E-state index in [0.717, 1.165) is 12.1 Å². The molecule has 1 aromatic carbocycles. The van der Waals surface area contributed by atoms with Gasteiger partial charge in [-0.2, -0.15) is 0 Å². The summed E-state index contributed by atoms with van der Waals surface area (Å²) in [6, 6.07) is 10.3. The molecule has 3 nitrogen and oxygen atoms in total. The highest BCUT2D eigenvalue weighted by atomic mass is 15.0. The van der Waals surface area contributed by atoms with Gasteiger partial charge in [0.25, 0.3) is 0 Å². The lowest BCUT2D eigenvalue weighted by atomic mass is 10.1. The van der Waals surface area contributed by atoms with E-state index >= 15 is 0 Å². The van der Waals surface area contributed by atoms with Gasteiger partial charge in [-0.3, -0.25) is 4.98 Å². The molecule has 16 heavy (non-hydrogen) atoms. The second-order valence-corrected chi connectivity index (χ2v) is 3.72. The van der Waals surface area contributed by atoms with E-state index in [-0.39, 0.29) is 0 Å². The highest BCUT2D eigenvalue weighted by molar-refractivity contribution is 5.81. The zero-order valence-electron chi connectivity index (χ0n) is 8.74. The summed E-state index contributed by atoms with van der Waals surface area (Å²) in [5.41, 5.74) is 2.31. The summed E-state index contributed by atoms with van der Waals surface area (Å²) in [6.45, 7) is 0.836. The summed E-state index contributed by atoms with van der Waals surface area (Å²) in [7, 11) is 0. The van der Waals surface area contributed by atoms with E-state index in [2.05, 4.69) is 26.7 Å². The number of rotatable bonds is 2. The van der Waals surface area contributed by atoms with Crippen LogP contribution in [-0.4, -0.2) is 14.5 Å². The van der Waals surface area contributed by atoms with Crippen LogP contribution in [0.5, 0.6) is 0 Å². The van der Waals surface area contributed by atoms with Gasteiger partial charge in [0.15, 0.2) is 0 Å². The van der Waals surface area contributed by atoms with Crippen molar-refractivity contribution in [1.82, 2.24) is 14.5 Å². The first-order valence-corrected chi connectivity index (χ1v) is 5.22. The van der Waals surface area contributed by atoms with Crippen LogP contribution in [0.4, 0.5) is 0 Å². The predicted octanol–water partition coefficient (Wildman–Crippen LogP) is 2.48. The van der Waals surface area contributed by atoms with Crippen LogP contribution in [-0.2, 0) is 6.54 Å². The lowest BCUT2D eigenvalue weighted by molar-refractivity contribution is 0.802. The maximum absolute atomic E-state index is 4.35. The highest BCUT2D eigenvalue weighted by Gasteiger charge is 2.01. The molecule has 78 valence electrons. The smallest absolute Gasteiger partial charge is 0.0949 e. The maximum Gasteiger partial charge on any atom is 0.0949 e. The van der Waals surface area contributed by atoms with Gasteiger partial charge in [0.2, 0.25) is 0 Å². The van der Waals surface area contributed by atoms with Crippen LogP contribution in [0.25, 0.3) is 10.9 Å². The summed E-state index contributed by atoms with van der Waals surface area (Å²) in [5.74, 6) is 0. The van der Waals surface area contributed by atoms with E-state index in [1.165, 1.54) is 10.9 Å².